The van der Waals surface area contributed by atoms with Crippen molar-refractivity contribution in [1.82, 2.24) is 4.90 Å². The Morgan fingerprint density at radius 3 is 2.45 bits per heavy atom. The molecule has 0 aliphatic carbocycles. The second-order valence-electron chi connectivity index (χ2n) is 7.86. The van der Waals surface area contributed by atoms with Crippen LogP contribution in [0, 0.1) is 5.92 Å². The molecule has 0 saturated carbocycles. The first-order valence-corrected chi connectivity index (χ1v) is 12.5. The van der Waals surface area contributed by atoms with E-state index in [4.69, 9.17) is 21.1 Å². The molecule has 0 bridgehead atoms. The topological polar surface area (TPSA) is 102 Å². The first-order valence-electron chi connectivity index (χ1n) is 10.6. The number of carbonyl (C=O) groups is 2. The Hall–Kier alpha value is -2.78. The van der Waals surface area contributed by atoms with Crippen LogP contribution in [0.15, 0.2) is 41.3 Å². The van der Waals surface area contributed by atoms with E-state index in [2.05, 4.69) is 11.6 Å². The maximum atomic E-state index is 13.1. The number of hydrogen-bond acceptors (Lipinski definition) is 6. The van der Waals surface area contributed by atoms with Crippen LogP contribution in [0.5, 0.6) is 5.75 Å². The number of piperidine rings is 1. The highest BCUT2D eigenvalue weighted by atomic mass is 35.5. The Labute approximate surface area is 198 Å². The molecule has 1 aliphatic heterocycles. The molecule has 33 heavy (non-hydrogen) atoms. The van der Waals surface area contributed by atoms with Crippen LogP contribution in [-0.2, 0) is 14.8 Å². The summed E-state index contributed by atoms with van der Waals surface area (Å²) in [6.45, 7) is 5.18. The van der Waals surface area contributed by atoms with Gasteiger partial charge >= 0.3 is 5.97 Å². The molecule has 3 rings (SSSR count). The number of nitrogens with zero attached hydrogens (tertiary/aromatic N) is 1. The zero-order chi connectivity index (χ0) is 24.2. The summed E-state index contributed by atoms with van der Waals surface area (Å²) in [6, 6.07) is 8.28. The van der Waals surface area contributed by atoms with Crippen molar-refractivity contribution < 1.29 is 27.5 Å². The van der Waals surface area contributed by atoms with Crippen LogP contribution in [-0.4, -0.2) is 52.0 Å². The van der Waals surface area contributed by atoms with Gasteiger partial charge in [-0.25, -0.2) is 13.2 Å². The van der Waals surface area contributed by atoms with Gasteiger partial charge < -0.3 is 14.4 Å². The molecule has 178 valence electrons. The van der Waals surface area contributed by atoms with Crippen molar-refractivity contribution in [2.24, 2.45) is 5.92 Å². The van der Waals surface area contributed by atoms with E-state index in [0.29, 0.717) is 24.8 Å². The summed E-state index contributed by atoms with van der Waals surface area (Å²) in [5.74, 6) is -0.0805. The molecule has 0 spiro atoms. The van der Waals surface area contributed by atoms with Gasteiger partial charge in [0.05, 0.1) is 34.8 Å². The summed E-state index contributed by atoms with van der Waals surface area (Å²) in [6.07, 6.45) is 1.79. The van der Waals surface area contributed by atoms with Gasteiger partial charge in [-0.15, -0.1) is 0 Å². The zero-order valence-corrected chi connectivity index (χ0v) is 20.3. The van der Waals surface area contributed by atoms with Crippen LogP contribution < -0.4 is 9.46 Å². The maximum absolute atomic E-state index is 13.1. The van der Waals surface area contributed by atoms with Gasteiger partial charge in [-0.3, -0.25) is 9.52 Å². The van der Waals surface area contributed by atoms with Crippen LogP contribution in [0.25, 0.3) is 0 Å². The number of halogens is 1. The zero-order valence-electron chi connectivity index (χ0n) is 18.8. The van der Waals surface area contributed by atoms with E-state index in [1.165, 1.54) is 43.5 Å². The summed E-state index contributed by atoms with van der Waals surface area (Å²) in [4.78, 5) is 26.8. The van der Waals surface area contributed by atoms with E-state index in [0.717, 1.165) is 12.8 Å². The molecule has 1 fully saturated rings. The minimum atomic E-state index is -4.07. The monoisotopic (exact) mass is 494 g/mol. The molecule has 0 atom stereocenters. The Bertz CT molecular complexity index is 1140. The smallest absolute Gasteiger partial charge is 0.339 e. The number of ether oxygens (including phenoxy) is 2. The van der Waals surface area contributed by atoms with Crippen molar-refractivity contribution in [3.63, 3.8) is 0 Å². The molecular weight excluding hydrogens is 468 g/mol. The van der Waals surface area contributed by atoms with Gasteiger partial charge in [-0.05, 0) is 62.1 Å². The van der Waals surface area contributed by atoms with Gasteiger partial charge in [0.15, 0.2) is 0 Å². The van der Waals surface area contributed by atoms with Crippen molar-refractivity contribution in [3.05, 3.63) is 52.5 Å². The van der Waals surface area contributed by atoms with E-state index in [9.17, 15) is 18.0 Å². The van der Waals surface area contributed by atoms with Crippen LogP contribution in [0.1, 0.15) is 47.4 Å². The van der Waals surface area contributed by atoms with E-state index in [1.807, 2.05) is 0 Å². The molecule has 0 radical (unpaired) electrons. The second-order valence-corrected chi connectivity index (χ2v) is 9.95. The SMILES string of the molecule is CCOC(=O)c1cc(NS(=O)(=O)c2ccc(OC)c(C(=O)N3CCC(C)CC3)c2)ccc1Cl. The van der Waals surface area contributed by atoms with Crippen molar-refractivity contribution in [3.8, 4) is 5.75 Å². The molecule has 1 amide bonds. The predicted octanol–water partition coefficient (Wildman–Crippen LogP) is 4.20. The predicted molar refractivity (Wildman–Crippen MR) is 126 cm³/mol. The van der Waals surface area contributed by atoms with E-state index in [-0.39, 0.29) is 39.2 Å². The van der Waals surface area contributed by atoms with Gasteiger partial charge in [0, 0.05) is 18.8 Å². The summed E-state index contributed by atoms with van der Waals surface area (Å²) < 4.78 is 38.8. The molecule has 1 N–H and O–H groups in total. The Balaban J connectivity index is 1.89. The van der Waals surface area contributed by atoms with Crippen LogP contribution in [0.3, 0.4) is 0 Å². The first kappa shape index (κ1) is 24.9. The van der Waals surface area contributed by atoms with Crippen molar-refractivity contribution >= 4 is 39.2 Å². The third-order valence-corrected chi connectivity index (χ3v) is 7.20. The molecule has 1 aliphatic rings. The number of sulfonamides is 1. The summed E-state index contributed by atoms with van der Waals surface area (Å²) >= 11 is 6.05. The summed E-state index contributed by atoms with van der Waals surface area (Å²) in [5.41, 5.74) is 0.359. The number of benzene rings is 2. The van der Waals surface area contributed by atoms with Gasteiger partial charge in [-0.2, -0.15) is 0 Å². The van der Waals surface area contributed by atoms with Crippen LogP contribution >= 0.6 is 11.6 Å². The van der Waals surface area contributed by atoms with E-state index < -0.39 is 16.0 Å². The molecule has 2 aromatic carbocycles. The first-order chi connectivity index (χ1) is 15.7. The molecule has 10 heteroatoms. The number of nitrogens with one attached hydrogen (secondary N) is 1. The Morgan fingerprint density at radius 1 is 1.12 bits per heavy atom. The number of amides is 1. The average Bonchev–Trinajstić information content (AvgIpc) is 2.80. The lowest BCUT2D eigenvalue weighted by Crippen LogP contribution is -2.38. The number of rotatable bonds is 7. The standard InChI is InChI=1S/C23H27ClN2O6S/c1-4-32-23(28)18-13-16(5-7-20(18)24)25-33(29,30)17-6-8-21(31-3)19(14-17)22(27)26-11-9-15(2)10-12-26/h5-8,13-15,25H,4,9-12H2,1-3H3. The quantitative estimate of drug-likeness (QED) is 0.579. The number of methoxy groups -OCH3 is 1. The van der Waals surface area contributed by atoms with Gasteiger partial charge in [-0.1, -0.05) is 18.5 Å². The Kier molecular flexibility index (Phi) is 7.86. The maximum Gasteiger partial charge on any atom is 0.339 e. The number of carbonyl (C=O) groups excluding carboxylic acids is 2. The second kappa shape index (κ2) is 10.4. The highest BCUT2D eigenvalue weighted by molar-refractivity contribution is 7.92. The number of hydrogen-bond donors (Lipinski definition) is 1. The lowest BCUT2D eigenvalue weighted by atomic mass is 9.98. The van der Waals surface area contributed by atoms with Crippen molar-refractivity contribution in [2.75, 3.05) is 31.5 Å². The lowest BCUT2D eigenvalue weighted by molar-refractivity contribution is 0.0526. The van der Waals surface area contributed by atoms with Crippen LogP contribution in [0.4, 0.5) is 5.69 Å². The van der Waals surface area contributed by atoms with Crippen LogP contribution in [0.2, 0.25) is 5.02 Å². The average molecular weight is 495 g/mol. The highest BCUT2D eigenvalue weighted by Crippen LogP contribution is 2.28. The largest absolute Gasteiger partial charge is 0.496 e. The third-order valence-electron chi connectivity index (χ3n) is 5.50. The fraction of sp³-hybridized carbons (Fsp3) is 0.391. The molecule has 1 heterocycles. The van der Waals surface area contributed by atoms with E-state index in [1.54, 1.807) is 11.8 Å². The number of esters is 1. The highest BCUT2D eigenvalue weighted by Gasteiger charge is 2.26. The lowest BCUT2D eigenvalue weighted by Gasteiger charge is -2.30. The molecular formula is C23H27ClN2O6S. The minimum absolute atomic E-state index is 0.0450. The minimum Gasteiger partial charge on any atom is -0.496 e. The molecule has 0 unspecified atom stereocenters. The number of likely N-dealkylation sites (tertiary alicyclic amines) is 1. The third kappa shape index (κ3) is 5.78. The van der Waals surface area contributed by atoms with E-state index >= 15 is 0 Å². The van der Waals surface area contributed by atoms with Gasteiger partial charge in [0.2, 0.25) is 0 Å². The fourth-order valence-corrected chi connectivity index (χ4v) is 4.84. The summed E-state index contributed by atoms with van der Waals surface area (Å²) in [5, 5.41) is 0.143. The van der Waals surface area contributed by atoms with Gasteiger partial charge in [0.25, 0.3) is 15.9 Å². The van der Waals surface area contributed by atoms with Crippen molar-refractivity contribution in [2.45, 2.75) is 31.6 Å². The van der Waals surface area contributed by atoms with Gasteiger partial charge in [0.1, 0.15) is 5.75 Å². The fourth-order valence-electron chi connectivity index (χ4n) is 3.57. The summed E-state index contributed by atoms with van der Waals surface area (Å²) in [7, 11) is -2.64. The molecule has 0 aromatic heterocycles. The Morgan fingerprint density at radius 2 is 1.82 bits per heavy atom. The number of anilines is 1. The molecule has 2 aromatic rings. The molecule has 1 saturated heterocycles. The molecule has 8 nitrogen and oxygen atoms in total. The normalized spacial score (nSPS) is 14.6. The van der Waals surface area contributed by atoms with Crippen molar-refractivity contribution in [1.29, 1.82) is 0 Å².